The number of aromatic nitrogens is 1. The van der Waals surface area contributed by atoms with Crippen LogP contribution in [-0.2, 0) is 0 Å². The lowest BCUT2D eigenvalue weighted by atomic mass is 10.2. The van der Waals surface area contributed by atoms with Gasteiger partial charge >= 0.3 is 0 Å². The molecule has 1 aromatic heterocycles. The zero-order valence-corrected chi connectivity index (χ0v) is 10.5. The first kappa shape index (κ1) is 12.5. The fourth-order valence-corrected chi connectivity index (χ4v) is 1.79. The fraction of sp³-hybridized carbons (Fsp3) is 0. The second-order valence-corrected chi connectivity index (χ2v) is 4.30. The molecular weight excluding hydrogens is 304 g/mol. The van der Waals surface area contributed by atoms with Crippen molar-refractivity contribution in [3.05, 3.63) is 52.3 Å². The van der Waals surface area contributed by atoms with Crippen LogP contribution in [0.15, 0.2) is 34.9 Å². The Bertz CT molecular complexity index is 614. The Morgan fingerprint density at radius 1 is 1.28 bits per heavy atom. The van der Waals surface area contributed by atoms with Gasteiger partial charge in [0, 0.05) is 10.7 Å². The van der Waals surface area contributed by atoms with Crippen molar-refractivity contribution in [3.8, 4) is 6.07 Å². The molecule has 1 heterocycles. The van der Waals surface area contributed by atoms with Crippen molar-refractivity contribution in [2.24, 2.45) is 0 Å². The van der Waals surface area contributed by atoms with Crippen LogP contribution in [0.4, 0.5) is 20.2 Å². The van der Waals surface area contributed by atoms with Crippen LogP contribution in [0.1, 0.15) is 5.69 Å². The number of halogens is 3. The highest BCUT2D eigenvalue weighted by Gasteiger charge is 2.12. The zero-order valence-electron chi connectivity index (χ0n) is 8.92. The molecule has 0 saturated heterocycles. The Kier molecular flexibility index (Phi) is 3.53. The topological polar surface area (TPSA) is 48.7 Å². The molecule has 0 aliphatic heterocycles. The molecule has 0 unspecified atom stereocenters. The van der Waals surface area contributed by atoms with E-state index in [1.807, 2.05) is 6.07 Å². The highest BCUT2D eigenvalue weighted by atomic mass is 79.9. The van der Waals surface area contributed by atoms with E-state index in [9.17, 15) is 8.78 Å². The second-order valence-electron chi connectivity index (χ2n) is 3.38. The average Bonchev–Trinajstić information content (AvgIpc) is 2.34. The van der Waals surface area contributed by atoms with E-state index in [1.54, 1.807) is 6.07 Å². The summed E-state index contributed by atoms with van der Waals surface area (Å²) >= 11 is 2.99. The molecule has 2 aromatic rings. The largest absolute Gasteiger partial charge is 0.348 e. The SMILES string of the molecule is N#Cc1ncccc1Nc1c(F)cc(Br)cc1F. The maximum absolute atomic E-state index is 13.6. The van der Waals surface area contributed by atoms with Gasteiger partial charge in [-0.05, 0) is 24.3 Å². The lowest BCUT2D eigenvalue weighted by molar-refractivity contribution is 0.589. The summed E-state index contributed by atoms with van der Waals surface area (Å²) in [7, 11) is 0. The highest BCUT2D eigenvalue weighted by molar-refractivity contribution is 9.10. The smallest absolute Gasteiger partial charge is 0.163 e. The third-order valence-corrected chi connectivity index (χ3v) is 2.64. The Morgan fingerprint density at radius 2 is 1.94 bits per heavy atom. The average molecular weight is 310 g/mol. The van der Waals surface area contributed by atoms with Crippen LogP contribution in [0, 0.1) is 23.0 Å². The van der Waals surface area contributed by atoms with E-state index >= 15 is 0 Å². The summed E-state index contributed by atoms with van der Waals surface area (Å²) in [6, 6.07) is 7.19. The molecule has 0 aliphatic carbocycles. The molecule has 0 bridgehead atoms. The number of pyridine rings is 1. The van der Waals surface area contributed by atoms with Crippen LogP contribution in [0.3, 0.4) is 0 Å². The standard InChI is InChI=1S/C12H6BrF2N3/c13-7-4-8(14)12(9(15)5-7)18-10-2-1-3-17-11(10)6-16/h1-5,18H. The monoisotopic (exact) mass is 309 g/mol. The Balaban J connectivity index is 2.44. The maximum atomic E-state index is 13.6. The molecule has 0 radical (unpaired) electrons. The molecule has 3 nitrogen and oxygen atoms in total. The van der Waals surface area contributed by atoms with Crippen molar-refractivity contribution in [3.63, 3.8) is 0 Å². The minimum absolute atomic E-state index is 0.0687. The van der Waals surface area contributed by atoms with E-state index in [0.717, 1.165) is 12.1 Å². The molecular formula is C12H6BrF2N3. The molecule has 1 aromatic carbocycles. The lowest BCUT2D eigenvalue weighted by Crippen LogP contribution is -2.00. The van der Waals surface area contributed by atoms with Crippen molar-refractivity contribution in [1.82, 2.24) is 4.98 Å². The van der Waals surface area contributed by atoms with Crippen molar-refractivity contribution in [2.45, 2.75) is 0 Å². The van der Waals surface area contributed by atoms with Crippen LogP contribution in [0.5, 0.6) is 0 Å². The number of hydrogen-bond donors (Lipinski definition) is 1. The van der Waals surface area contributed by atoms with Crippen molar-refractivity contribution < 1.29 is 8.78 Å². The van der Waals surface area contributed by atoms with Gasteiger partial charge in [-0.2, -0.15) is 5.26 Å². The minimum atomic E-state index is -0.755. The van der Waals surface area contributed by atoms with Gasteiger partial charge in [0.2, 0.25) is 0 Å². The Labute approximate surface area is 110 Å². The third-order valence-electron chi connectivity index (χ3n) is 2.18. The van der Waals surface area contributed by atoms with E-state index in [0.29, 0.717) is 4.47 Å². The number of benzene rings is 1. The van der Waals surface area contributed by atoms with E-state index in [4.69, 9.17) is 5.26 Å². The molecule has 0 spiro atoms. The van der Waals surface area contributed by atoms with Gasteiger partial charge in [0.25, 0.3) is 0 Å². The first-order chi connectivity index (χ1) is 8.61. The number of hydrogen-bond acceptors (Lipinski definition) is 3. The second kappa shape index (κ2) is 5.10. The normalized spacial score (nSPS) is 9.89. The van der Waals surface area contributed by atoms with Gasteiger partial charge in [-0.15, -0.1) is 0 Å². The van der Waals surface area contributed by atoms with Crippen LogP contribution >= 0.6 is 15.9 Å². The van der Waals surface area contributed by atoms with E-state index in [-0.39, 0.29) is 17.1 Å². The number of nitrogens with zero attached hydrogens (tertiary/aromatic N) is 2. The van der Waals surface area contributed by atoms with Crippen LogP contribution in [0.25, 0.3) is 0 Å². The minimum Gasteiger partial charge on any atom is -0.348 e. The summed E-state index contributed by atoms with van der Waals surface area (Å²) in [5.41, 5.74) is 0.00189. The number of nitrogens with one attached hydrogen (secondary N) is 1. The summed E-state index contributed by atoms with van der Waals surface area (Å²) in [5.74, 6) is -1.51. The molecule has 6 heteroatoms. The Hall–Kier alpha value is -2.00. The summed E-state index contributed by atoms with van der Waals surface area (Å²) < 4.78 is 27.5. The molecule has 0 amide bonds. The predicted octanol–water partition coefficient (Wildman–Crippen LogP) is 3.74. The van der Waals surface area contributed by atoms with E-state index in [2.05, 4.69) is 26.2 Å². The highest BCUT2D eigenvalue weighted by Crippen LogP contribution is 2.27. The van der Waals surface area contributed by atoms with Gasteiger partial charge < -0.3 is 5.32 Å². The lowest BCUT2D eigenvalue weighted by Gasteiger charge is -2.09. The molecule has 0 aliphatic rings. The van der Waals surface area contributed by atoms with Crippen LogP contribution in [0.2, 0.25) is 0 Å². The fourth-order valence-electron chi connectivity index (χ4n) is 1.39. The maximum Gasteiger partial charge on any atom is 0.163 e. The summed E-state index contributed by atoms with van der Waals surface area (Å²) in [6.07, 6.45) is 1.43. The third kappa shape index (κ3) is 2.46. The molecule has 90 valence electrons. The quantitative estimate of drug-likeness (QED) is 0.919. The van der Waals surface area contributed by atoms with Gasteiger partial charge in [0.05, 0.1) is 5.69 Å². The molecule has 0 fully saturated rings. The van der Waals surface area contributed by atoms with Gasteiger partial charge in [0.1, 0.15) is 11.8 Å². The number of rotatable bonds is 2. The number of anilines is 2. The van der Waals surface area contributed by atoms with Crippen molar-refractivity contribution in [1.29, 1.82) is 5.26 Å². The first-order valence-corrected chi connectivity index (χ1v) is 5.68. The summed E-state index contributed by atoms with van der Waals surface area (Å²) in [6.45, 7) is 0. The van der Waals surface area contributed by atoms with Gasteiger partial charge in [-0.3, -0.25) is 0 Å². The van der Waals surface area contributed by atoms with Crippen LogP contribution in [-0.4, -0.2) is 4.98 Å². The molecule has 18 heavy (non-hydrogen) atoms. The first-order valence-electron chi connectivity index (χ1n) is 4.88. The van der Waals surface area contributed by atoms with Crippen molar-refractivity contribution in [2.75, 3.05) is 5.32 Å². The van der Waals surface area contributed by atoms with Gasteiger partial charge in [-0.25, -0.2) is 13.8 Å². The molecule has 1 N–H and O–H groups in total. The van der Waals surface area contributed by atoms with Gasteiger partial charge in [-0.1, -0.05) is 15.9 Å². The van der Waals surface area contributed by atoms with E-state index < -0.39 is 11.6 Å². The molecule has 0 atom stereocenters. The van der Waals surface area contributed by atoms with Crippen LogP contribution < -0.4 is 5.32 Å². The van der Waals surface area contributed by atoms with Gasteiger partial charge in [0.15, 0.2) is 17.3 Å². The van der Waals surface area contributed by atoms with Crippen molar-refractivity contribution >= 4 is 27.3 Å². The number of nitriles is 1. The zero-order chi connectivity index (χ0) is 13.1. The summed E-state index contributed by atoms with van der Waals surface area (Å²) in [4.78, 5) is 3.79. The Morgan fingerprint density at radius 3 is 2.56 bits per heavy atom. The predicted molar refractivity (Wildman–Crippen MR) is 66.3 cm³/mol. The van der Waals surface area contributed by atoms with E-state index in [1.165, 1.54) is 12.3 Å². The molecule has 0 saturated carbocycles. The molecule has 2 rings (SSSR count). The summed E-state index contributed by atoms with van der Waals surface area (Å²) in [5, 5.41) is 11.4.